The second kappa shape index (κ2) is 9.38. The molecule has 160 valence electrons. The molecule has 1 fully saturated rings. The number of aromatic nitrogens is 1. The average molecular weight is 431 g/mol. The molecule has 8 heteroatoms. The van der Waals surface area contributed by atoms with E-state index >= 15 is 0 Å². The maximum atomic E-state index is 13.0. The summed E-state index contributed by atoms with van der Waals surface area (Å²) in [6, 6.07) is 5.06. The maximum Gasteiger partial charge on any atom is 0.303 e. The lowest BCUT2D eigenvalue weighted by molar-refractivity contribution is -0.140. The number of aryl methyl sites for hydroxylation is 1. The van der Waals surface area contributed by atoms with E-state index in [0.717, 1.165) is 37.0 Å². The number of carbonyl (C=O) groups is 3. The molecule has 0 spiro atoms. The van der Waals surface area contributed by atoms with E-state index in [1.165, 1.54) is 24.6 Å². The molecule has 0 aromatic carbocycles. The Kier molecular flexibility index (Phi) is 6.87. The first-order chi connectivity index (χ1) is 14.4. The number of hydrogen-bond donors (Lipinski definition) is 2. The number of pyridine rings is 1. The van der Waals surface area contributed by atoms with Crippen molar-refractivity contribution < 1.29 is 24.2 Å². The van der Waals surface area contributed by atoms with Crippen molar-refractivity contribution in [3.05, 3.63) is 40.4 Å². The number of anilines is 1. The Morgan fingerprint density at radius 2 is 1.97 bits per heavy atom. The lowest BCUT2D eigenvalue weighted by atomic mass is 9.79. The zero-order valence-corrected chi connectivity index (χ0v) is 18.0. The van der Waals surface area contributed by atoms with Crippen LogP contribution in [0, 0.1) is 5.41 Å². The highest BCUT2D eigenvalue weighted by Gasteiger charge is 2.38. The van der Waals surface area contributed by atoms with Crippen LogP contribution in [0.25, 0.3) is 0 Å². The van der Waals surface area contributed by atoms with Crippen molar-refractivity contribution in [3.8, 4) is 5.88 Å². The summed E-state index contributed by atoms with van der Waals surface area (Å²) in [5.41, 5.74) is 0.339. The quantitative estimate of drug-likeness (QED) is 0.574. The summed E-state index contributed by atoms with van der Waals surface area (Å²) in [6.07, 6.45) is 5.69. The van der Waals surface area contributed by atoms with Gasteiger partial charge in [0.25, 0.3) is 0 Å². The van der Waals surface area contributed by atoms with Gasteiger partial charge in [-0.3, -0.25) is 14.4 Å². The fourth-order valence-corrected chi connectivity index (χ4v) is 5.05. The van der Waals surface area contributed by atoms with E-state index in [4.69, 9.17) is 4.74 Å². The van der Waals surface area contributed by atoms with E-state index in [0.29, 0.717) is 22.0 Å². The second-order valence-electron chi connectivity index (χ2n) is 7.73. The summed E-state index contributed by atoms with van der Waals surface area (Å²) >= 11 is 1.38. The summed E-state index contributed by atoms with van der Waals surface area (Å²) in [4.78, 5) is 42.2. The van der Waals surface area contributed by atoms with Gasteiger partial charge in [0.2, 0.25) is 11.8 Å². The van der Waals surface area contributed by atoms with Crippen LogP contribution >= 0.6 is 11.3 Å². The Balaban J connectivity index is 1.80. The Morgan fingerprint density at radius 3 is 2.53 bits per heavy atom. The van der Waals surface area contributed by atoms with Crippen LogP contribution in [0.1, 0.15) is 66.2 Å². The van der Waals surface area contributed by atoms with Crippen molar-refractivity contribution in [2.75, 3.05) is 12.4 Å². The predicted octanol–water partition coefficient (Wildman–Crippen LogP) is 4.31. The number of nitrogens with one attached hydrogen (secondary N) is 1. The highest BCUT2D eigenvalue weighted by Crippen LogP contribution is 2.44. The van der Waals surface area contributed by atoms with Crippen LogP contribution in [0.15, 0.2) is 24.4 Å². The molecule has 2 aromatic heterocycles. The van der Waals surface area contributed by atoms with E-state index < -0.39 is 11.4 Å². The lowest BCUT2D eigenvalue weighted by Crippen LogP contribution is -2.27. The van der Waals surface area contributed by atoms with E-state index in [1.54, 1.807) is 18.2 Å². The average Bonchev–Trinajstić information content (AvgIpc) is 3.33. The van der Waals surface area contributed by atoms with Crippen molar-refractivity contribution in [1.82, 2.24) is 4.98 Å². The molecule has 1 aliphatic rings. The van der Waals surface area contributed by atoms with Crippen LogP contribution in [-0.2, 0) is 16.0 Å². The number of amides is 1. The molecule has 2 heterocycles. The van der Waals surface area contributed by atoms with Gasteiger partial charge in [0.05, 0.1) is 19.1 Å². The van der Waals surface area contributed by atoms with Crippen molar-refractivity contribution in [2.24, 2.45) is 5.41 Å². The first-order valence-electron chi connectivity index (χ1n) is 10.0. The van der Waals surface area contributed by atoms with Gasteiger partial charge >= 0.3 is 5.97 Å². The molecule has 1 aliphatic carbocycles. The number of methoxy groups -OCH3 is 1. The number of ether oxygens (including phenoxy) is 1. The number of hydrogen-bond acceptors (Lipinski definition) is 6. The van der Waals surface area contributed by atoms with Crippen LogP contribution in [0.2, 0.25) is 0 Å². The molecule has 0 saturated heterocycles. The SMILES string of the molecule is CCc1cc(C(=O)c2ccc(OC)nc2)c(NC(=O)CC2(CC(=O)O)CCCC2)s1. The lowest BCUT2D eigenvalue weighted by Gasteiger charge is -2.26. The van der Waals surface area contributed by atoms with Crippen LogP contribution in [0.4, 0.5) is 5.00 Å². The van der Waals surface area contributed by atoms with E-state index in [9.17, 15) is 19.5 Å². The zero-order valence-electron chi connectivity index (χ0n) is 17.2. The van der Waals surface area contributed by atoms with Gasteiger partial charge in [-0.15, -0.1) is 11.3 Å². The monoisotopic (exact) mass is 430 g/mol. The van der Waals surface area contributed by atoms with Crippen LogP contribution < -0.4 is 10.1 Å². The maximum absolute atomic E-state index is 13.0. The number of carboxylic acids is 1. The molecule has 0 radical (unpaired) electrons. The Bertz CT molecular complexity index is 930. The molecule has 0 bridgehead atoms. The summed E-state index contributed by atoms with van der Waals surface area (Å²) in [7, 11) is 1.51. The van der Waals surface area contributed by atoms with Crippen LogP contribution in [0.5, 0.6) is 5.88 Å². The van der Waals surface area contributed by atoms with Crippen LogP contribution in [-0.4, -0.2) is 34.9 Å². The number of carbonyl (C=O) groups excluding carboxylic acids is 2. The third-order valence-electron chi connectivity index (χ3n) is 5.56. The molecule has 2 N–H and O–H groups in total. The predicted molar refractivity (Wildman–Crippen MR) is 114 cm³/mol. The van der Waals surface area contributed by atoms with Gasteiger partial charge in [-0.2, -0.15) is 0 Å². The standard InChI is InChI=1S/C22H26N2O5S/c1-3-15-10-16(20(28)14-6-7-18(29-2)23-13-14)21(30-15)24-17(25)11-22(12-19(26)27)8-4-5-9-22/h6-7,10,13H,3-5,8-9,11-12H2,1-2H3,(H,24,25)(H,26,27). The number of ketones is 1. The molecule has 2 aromatic rings. The van der Waals surface area contributed by atoms with Gasteiger partial charge in [-0.25, -0.2) is 4.98 Å². The molecule has 3 rings (SSSR count). The van der Waals surface area contributed by atoms with Gasteiger partial charge < -0.3 is 15.2 Å². The highest BCUT2D eigenvalue weighted by atomic mass is 32.1. The van der Waals surface area contributed by atoms with Crippen molar-refractivity contribution in [3.63, 3.8) is 0 Å². The number of rotatable bonds is 9. The first kappa shape index (κ1) is 22.0. The molecular weight excluding hydrogens is 404 g/mol. The third-order valence-corrected chi connectivity index (χ3v) is 6.76. The smallest absolute Gasteiger partial charge is 0.303 e. The Morgan fingerprint density at radius 1 is 1.23 bits per heavy atom. The van der Waals surface area contributed by atoms with Crippen molar-refractivity contribution in [2.45, 2.75) is 51.9 Å². The van der Waals surface area contributed by atoms with E-state index in [1.807, 2.05) is 6.92 Å². The minimum Gasteiger partial charge on any atom is -0.481 e. The fraction of sp³-hybridized carbons (Fsp3) is 0.455. The zero-order chi connectivity index (χ0) is 21.7. The minimum atomic E-state index is -0.878. The Labute approximate surface area is 179 Å². The second-order valence-corrected chi connectivity index (χ2v) is 8.87. The minimum absolute atomic E-state index is 0.00558. The van der Waals surface area contributed by atoms with Crippen molar-refractivity contribution in [1.29, 1.82) is 0 Å². The molecule has 0 unspecified atom stereocenters. The van der Waals surface area contributed by atoms with Gasteiger partial charge in [-0.1, -0.05) is 19.8 Å². The molecule has 7 nitrogen and oxygen atoms in total. The molecule has 1 saturated carbocycles. The molecule has 0 aliphatic heterocycles. The number of carboxylic acid groups (broad SMARTS) is 1. The molecular formula is C22H26N2O5S. The largest absolute Gasteiger partial charge is 0.481 e. The Hall–Kier alpha value is -2.74. The summed E-state index contributed by atoms with van der Waals surface area (Å²) in [6.45, 7) is 1.99. The molecule has 30 heavy (non-hydrogen) atoms. The summed E-state index contributed by atoms with van der Waals surface area (Å²) in [5.74, 6) is -0.932. The van der Waals surface area contributed by atoms with Gasteiger partial charge in [-0.05, 0) is 36.8 Å². The number of nitrogens with zero attached hydrogens (tertiary/aromatic N) is 1. The number of thiophene rings is 1. The summed E-state index contributed by atoms with van der Waals surface area (Å²) in [5, 5.41) is 12.7. The van der Waals surface area contributed by atoms with Crippen LogP contribution in [0.3, 0.4) is 0 Å². The van der Waals surface area contributed by atoms with E-state index in [2.05, 4.69) is 10.3 Å². The molecule has 1 amide bonds. The van der Waals surface area contributed by atoms with Gasteiger partial charge in [0.15, 0.2) is 5.78 Å². The fourth-order valence-electron chi connectivity index (χ4n) is 4.04. The summed E-state index contributed by atoms with van der Waals surface area (Å²) < 4.78 is 5.03. The van der Waals surface area contributed by atoms with E-state index in [-0.39, 0.29) is 24.5 Å². The van der Waals surface area contributed by atoms with Gasteiger partial charge in [0, 0.05) is 29.1 Å². The highest BCUT2D eigenvalue weighted by molar-refractivity contribution is 7.16. The number of aliphatic carboxylic acids is 1. The molecule has 0 atom stereocenters. The normalized spacial score (nSPS) is 15.0. The third kappa shape index (κ3) is 5.05. The first-order valence-corrected chi connectivity index (χ1v) is 10.9. The topological polar surface area (TPSA) is 106 Å². The van der Waals surface area contributed by atoms with Crippen molar-refractivity contribution >= 4 is 34.0 Å². The van der Waals surface area contributed by atoms with Gasteiger partial charge in [0.1, 0.15) is 5.00 Å².